The minimum atomic E-state index is -0.310. The molecule has 1 aliphatic heterocycles. The van der Waals surface area contributed by atoms with Gasteiger partial charge in [-0.25, -0.2) is 4.39 Å². The summed E-state index contributed by atoms with van der Waals surface area (Å²) in [5.41, 5.74) is 0.495. The maximum absolute atomic E-state index is 13.9. The molecule has 2 N–H and O–H groups in total. The minimum Gasteiger partial charge on any atom is -0.352 e. The van der Waals surface area contributed by atoms with E-state index in [4.69, 9.17) is 11.6 Å². The third-order valence-corrected chi connectivity index (χ3v) is 4.98. The molecule has 4 atom stereocenters. The third-order valence-electron chi connectivity index (χ3n) is 4.65. The molecule has 3 nitrogen and oxygen atoms in total. The summed E-state index contributed by atoms with van der Waals surface area (Å²) in [6.07, 6.45) is 1.75. The molecule has 1 heterocycles. The highest BCUT2D eigenvalue weighted by molar-refractivity contribution is 6.31. The molecule has 2 aliphatic rings. The number of hydrogen-bond acceptors (Lipinski definition) is 2. The number of piperidine rings is 1. The molecule has 0 radical (unpaired) electrons. The van der Waals surface area contributed by atoms with Gasteiger partial charge in [-0.15, -0.1) is 12.4 Å². The molecule has 0 bridgehead atoms. The van der Waals surface area contributed by atoms with Crippen molar-refractivity contribution in [2.45, 2.75) is 31.7 Å². The van der Waals surface area contributed by atoms with Gasteiger partial charge in [0, 0.05) is 35.0 Å². The first-order chi connectivity index (χ1) is 10.1. The molecule has 2 fully saturated rings. The largest absolute Gasteiger partial charge is 0.352 e. The first-order valence-corrected chi connectivity index (χ1v) is 7.90. The lowest BCUT2D eigenvalue weighted by Gasteiger charge is -2.30. The molecule has 3 rings (SSSR count). The Hall–Kier alpha value is -0.840. The van der Waals surface area contributed by atoms with Crippen LogP contribution in [0.25, 0.3) is 0 Å². The van der Waals surface area contributed by atoms with Gasteiger partial charge in [0.05, 0.1) is 0 Å². The number of carbonyl (C=O) groups is 1. The van der Waals surface area contributed by atoms with Crippen molar-refractivity contribution in [1.29, 1.82) is 0 Å². The van der Waals surface area contributed by atoms with Crippen LogP contribution in [-0.2, 0) is 4.79 Å². The van der Waals surface area contributed by atoms with E-state index >= 15 is 0 Å². The fourth-order valence-electron chi connectivity index (χ4n) is 3.14. The van der Waals surface area contributed by atoms with Crippen LogP contribution >= 0.6 is 24.0 Å². The summed E-state index contributed by atoms with van der Waals surface area (Å²) in [7, 11) is 0. The smallest absolute Gasteiger partial charge is 0.224 e. The van der Waals surface area contributed by atoms with Crippen molar-refractivity contribution in [2.24, 2.45) is 11.8 Å². The van der Waals surface area contributed by atoms with Crippen molar-refractivity contribution in [3.8, 4) is 0 Å². The van der Waals surface area contributed by atoms with Crippen molar-refractivity contribution in [1.82, 2.24) is 10.6 Å². The van der Waals surface area contributed by atoms with Crippen LogP contribution in [0.1, 0.15) is 31.2 Å². The zero-order valence-electron chi connectivity index (χ0n) is 12.4. The van der Waals surface area contributed by atoms with Crippen LogP contribution in [0.3, 0.4) is 0 Å². The van der Waals surface area contributed by atoms with Crippen molar-refractivity contribution in [3.05, 3.63) is 34.6 Å². The molecule has 122 valence electrons. The van der Waals surface area contributed by atoms with Crippen LogP contribution in [-0.4, -0.2) is 25.0 Å². The lowest BCUT2D eigenvalue weighted by Crippen LogP contribution is -2.50. The molecule has 1 aromatic carbocycles. The number of amides is 1. The monoisotopic (exact) mass is 346 g/mol. The fourth-order valence-corrected chi connectivity index (χ4v) is 3.44. The molecule has 0 spiro atoms. The van der Waals surface area contributed by atoms with E-state index in [2.05, 4.69) is 17.6 Å². The van der Waals surface area contributed by atoms with Gasteiger partial charge in [0.25, 0.3) is 0 Å². The van der Waals surface area contributed by atoms with Gasteiger partial charge in [-0.2, -0.15) is 0 Å². The van der Waals surface area contributed by atoms with Gasteiger partial charge >= 0.3 is 0 Å². The molecule has 4 unspecified atom stereocenters. The van der Waals surface area contributed by atoms with Crippen molar-refractivity contribution in [2.75, 3.05) is 13.1 Å². The standard InChI is InChI=1S/C16H20ClFN2O.ClH/c1-9-5-6-19-8-14(9)20-16(21)11-7-10(11)15-12(17)3-2-4-13(15)18;/h2-4,9-11,14,19H,5-8H2,1H3,(H,20,21);1H. The molecule has 1 aromatic rings. The van der Waals surface area contributed by atoms with Crippen molar-refractivity contribution >= 4 is 29.9 Å². The number of nitrogens with one attached hydrogen (secondary N) is 2. The maximum atomic E-state index is 13.9. The zero-order chi connectivity index (χ0) is 15.0. The lowest BCUT2D eigenvalue weighted by atomic mass is 9.94. The second-order valence-corrected chi connectivity index (χ2v) is 6.58. The topological polar surface area (TPSA) is 41.1 Å². The highest BCUT2D eigenvalue weighted by Gasteiger charge is 2.46. The Labute approximate surface area is 141 Å². The van der Waals surface area contributed by atoms with E-state index in [0.717, 1.165) is 19.5 Å². The summed E-state index contributed by atoms with van der Waals surface area (Å²) in [6, 6.07) is 4.85. The number of carbonyl (C=O) groups excluding carboxylic acids is 1. The van der Waals surface area contributed by atoms with Crippen LogP contribution in [0, 0.1) is 17.7 Å². The number of rotatable bonds is 3. The Bertz CT molecular complexity index is 535. The van der Waals surface area contributed by atoms with E-state index in [0.29, 0.717) is 22.9 Å². The predicted octanol–water partition coefficient (Wildman–Crippen LogP) is 3.12. The van der Waals surface area contributed by atoms with Crippen molar-refractivity contribution in [3.63, 3.8) is 0 Å². The Morgan fingerprint density at radius 2 is 2.23 bits per heavy atom. The molecule has 1 aliphatic carbocycles. The third kappa shape index (κ3) is 3.55. The summed E-state index contributed by atoms with van der Waals surface area (Å²) in [6.45, 7) is 3.97. The van der Waals surface area contributed by atoms with Crippen LogP contribution < -0.4 is 10.6 Å². The number of benzene rings is 1. The van der Waals surface area contributed by atoms with Gasteiger partial charge < -0.3 is 10.6 Å². The Balaban J connectivity index is 0.00000176. The summed E-state index contributed by atoms with van der Waals surface area (Å²) >= 11 is 6.07. The number of hydrogen-bond donors (Lipinski definition) is 2. The van der Waals surface area contributed by atoms with E-state index < -0.39 is 0 Å². The van der Waals surface area contributed by atoms with Gasteiger partial charge in [0.2, 0.25) is 5.91 Å². The summed E-state index contributed by atoms with van der Waals surface area (Å²) in [4.78, 5) is 12.3. The molecule has 6 heteroatoms. The summed E-state index contributed by atoms with van der Waals surface area (Å²) in [5.74, 6) is -0.0288. The summed E-state index contributed by atoms with van der Waals surface area (Å²) in [5, 5.41) is 6.82. The number of halogens is 3. The normalized spacial score (nSPS) is 30.3. The fraction of sp³-hybridized carbons (Fsp3) is 0.562. The van der Waals surface area contributed by atoms with Gasteiger partial charge in [0.15, 0.2) is 0 Å². The maximum Gasteiger partial charge on any atom is 0.224 e. The zero-order valence-corrected chi connectivity index (χ0v) is 14.0. The predicted molar refractivity (Wildman–Crippen MR) is 88.1 cm³/mol. The SMILES string of the molecule is CC1CCNCC1NC(=O)C1CC1c1c(F)cccc1Cl.Cl. The quantitative estimate of drug-likeness (QED) is 0.882. The van der Waals surface area contributed by atoms with E-state index in [9.17, 15) is 9.18 Å². The van der Waals surface area contributed by atoms with Gasteiger partial charge in [0.1, 0.15) is 5.82 Å². The first kappa shape index (κ1) is 17.5. The average Bonchev–Trinajstić information content (AvgIpc) is 3.21. The van der Waals surface area contributed by atoms with Gasteiger partial charge in [-0.1, -0.05) is 24.6 Å². The second kappa shape index (κ2) is 7.16. The molecule has 22 heavy (non-hydrogen) atoms. The molecular formula is C16H21Cl2FN2O. The van der Waals surface area contributed by atoms with E-state index in [-0.39, 0.29) is 42.0 Å². The highest BCUT2D eigenvalue weighted by atomic mass is 35.5. The van der Waals surface area contributed by atoms with Gasteiger partial charge in [-0.05, 0) is 37.4 Å². The van der Waals surface area contributed by atoms with E-state index in [1.54, 1.807) is 12.1 Å². The van der Waals surface area contributed by atoms with Crippen molar-refractivity contribution < 1.29 is 9.18 Å². The second-order valence-electron chi connectivity index (χ2n) is 6.17. The van der Waals surface area contributed by atoms with Crippen LogP contribution in [0.15, 0.2) is 18.2 Å². The van der Waals surface area contributed by atoms with Crippen LogP contribution in [0.2, 0.25) is 5.02 Å². The van der Waals surface area contributed by atoms with Gasteiger partial charge in [-0.3, -0.25) is 4.79 Å². The van der Waals surface area contributed by atoms with E-state index in [1.165, 1.54) is 6.07 Å². The molecular weight excluding hydrogens is 326 g/mol. The Morgan fingerprint density at radius 3 is 2.91 bits per heavy atom. The summed E-state index contributed by atoms with van der Waals surface area (Å²) < 4.78 is 13.9. The van der Waals surface area contributed by atoms with Crippen LogP contribution in [0.5, 0.6) is 0 Å². The molecule has 1 saturated heterocycles. The lowest BCUT2D eigenvalue weighted by molar-refractivity contribution is -0.123. The minimum absolute atomic E-state index is 0. The van der Waals surface area contributed by atoms with Crippen LogP contribution in [0.4, 0.5) is 4.39 Å². The molecule has 0 aromatic heterocycles. The highest BCUT2D eigenvalue weighted by Crippen LogP contribution is 2.50. The first-order valence-electron chi connectivity index (χ1n) is 7.53. The Kier molecular flexibility index (Phi) is 5.70. The van der Waals surface area contributed by atoms with E-state index in [1.807, 2.05) is 0 Å². The Morgan fingerprint density at radius 1 is 1.45 bits per heavy atom. The average molecular weight is 347 g/mol. The molecule has 1 saturated carbocycles. The molecule has 1 amide bonds.